The summed E-state index contributed by atoms with van der Waals surface area (Å²) in [4.78, 5) is 0. The molecule has 0 amide bonds. The first-order valence-electron chi connectivity index (χ1n) is 4.98. The molecule has 0 aliphatic carbocycles. The van der Waals surface area contributed by atoms with Crippen LogP contribution >= 0.6 is 0 Å². The molecule has 0 saturated carbocycles. The summed E-state index contributed by atoms with van der Waals surface area (Å²) in [5, 5.41) is 0. The van der Waals surface area contributed by atoms with Gasteiger partial charge in [0, 0.05) is 5.92 Å². The summed E-state index contributed by atoms with van der Waals surface area (Å²) >= 11 is 0. The Balaban J connectivity index is 0.00000112. The van der Waals surface area contributed by atoms with Crippen LogP contribution in [0.25, 0.3) is 0 Å². The van der Waals surface area contributed by atoms with Gasteiger partial charge in [0.15, 0.2) is 0 Å². The van der Waals surface area contributed by atoms with E-state index in [9.17, 15) is 0 Å². The van der Waals surface area contributed by atoms with Crippen LogP contribution in [-0.2, 0) is 0 Å². The summed E-state index contributed by atoms with van der Waals surface area (Å²) in [5.41, 5.74) is 2.75. The fraction of sp³-hybridized carbons (Fsp3) is 0.143. The van der Waals surface area contributed by atoms with Crippen LogP contribution in [0.3, 0.4) is 0 Å². The topological polar surface area (TPSA) is 0 Å². The molecule has 0 spiro atoms. The Morgan fingerprint density at radius 2 is 0.938 bits per heavy atom. The van der Waals surface area contributed by atoms with E-state index in [2.05, 4.69) is 67.6 Å². The van der Waals surface area contributed by atoms with Crippen LogP contribution in [0.1, 0.15) is 24.0 Å². The number of hydrogen-bond acceptors (Lipinski definition) is 0. The summed E-state index contributed by atoms with van der Waals surface area (Å²) in [6.45, 7) is 2.24. The molecule has 2 heteroatoms. The van der Waals surface area contributed by atoms with Crippen molar-refractivity contribution in [3.05, 3.63) is 71.8 Å². The SMILES string of the molecule is CC(c1ccccc1)c1ccccc1.[NaH].[NaH]. The van der Waals surface area contributed by atoms with Crippen molar-refractivity contribution in [3.8, 4) is 0 Å². The van der Waals surface area contributed by atoms with Crippen LogP contribution in [-0.4, -0.2) is 59.1 Å². The molecule has 0 N–H and O–H groups in total. The molecule has 0 aliphatic heterocycles. The number of benzene rings is 2. The first kappa shape index (κ1) is 16.4. The molecule has 0 nitrogen and oxygen atoms in total. The molecule has 2 aromatic carbocycles. The van der Waals surface area contributed by atoms with E-state index in [1.807, 2.05) is 0 Å². The zero-order valence-corrected chi connectivity index (χ0v) is 8.35. The van der Waals surface area contributed by atoms with Gasteiger partial charge < -0.3 is 0 Å². The molecule has 0 saturated heterocycles. The van der Waals surface area contributed by atoms with E-state index in [-0.39, 0.29) is 59.1 Å². The predicted molar refractivity (Wildman–Crippen MR) is 74.7 cm³/mol. The van der Waals surface area contributed by atoms with Crippen molar-refractivity contribution in [3.63, 3.8) is 0 Å². The average Bonchev–Trinajstić information content (AvgIpc) is 2.30. The Hall–Kier alpha value is 0.440. The zero-order valence-electron chi connectivity index (χ0n) is 8.35. The molecule has 0 unspecified atom stereocenters. The molecule has 2 rings (SSSR count). The number of rotatable bonds is 2. The van der Waals surface area contributed by atoms with Crippen LogP contribution in [0.15, 0.2) is 60.7 Å². The van der Waals surface area contributed by atoms with Gasteiger partial charge in [0.1, 0.15) is 0 Å². The molecule has 74 valence electrons. The third-order valence-electron chi connectivity index (χ3n) is 2.60. The molecular weight excluding hydrogens is 214 g/mol. The first-order valence-corrected chi connectivity index (χ1v) is 4.98. The quantitative estimate of drug-likeness (QED) is 0.695. The molecule has 0 bridgehead atoms. The van der Waals surface area contributed by atoms with Crippen molar-refractivity contribution in [1.29, 1.82) is 0 Å². The first-order chi connectivity index (χ1) is 6.88. The maximum absolute atomic E-state index is 2.24. The van der Waals surface area contributed by atoms with Crippen LogP contribution in [0, 0.1) is 0 Å². The minimum atomic E-state index is 0. The molecular formula is C14H16Na2. The fourth-order valence-electron chi connectivity index (χ4n) is 1.68. The second-order valence-corrected chi connectivity index (χ2v) is 3.54. The van der Waals surface area contributed by atoms with Gasteiger partial charge >= 0.3 is 59.1 Å². The van der Waals surface area contributed by atoms with E-state index in [0.29, 0.717) is 5.92 Å². The van der Waals surface area contributed by atoms with Gasteiger partial charge in [-0.3, -0.25) is 0 Å². The molecule has 0 fully saturated rings. The van der Waals surface area contributed by atoms with E-state index in [0.717, 1.165) is 0 Å². The van der Waals surface area contributed by atoms with Gasteiger partial charge in [0.25, 0.3) is 0 Å². The van der Waals surface area contributed by atoms with E-state index < -0.39 is 0 Å². The Morgan fingerprint density at radius 3 is 1.25 bits per heavy atom. The minimum absolute atomic E-state index is 0. The van der Waals surface area contributed by atoms with Gasteiger partial charge in [-0.2, -0.15) is 0 Å². The van der Waals surface area contributed by atoms with E-state index in [4.69, 9.17) is 0 Å². The van der Waals surface area contributed by atoms with Gasteiger partial charge in [-0.15, -0.1) is 0 Å². The summed E-state index contributed by atoms with van der Waals surface area (Å²) < 4.78 is 0. The van der Waals surface area contributed by atoms with Gasteiger partial charge in [-0.1, -0.05) is 67.6 Å². The summed E-state index contributed by atoms with van der Waals surface area (Å²) in [5.74, 6) is 0.484. The number of hydrogen-bond donors (Lipinski definition) is 0. The molecule has 0 aliphatic rings. The molecule has 0 radical (unpaired) electrons. The van der Waals surface area contributed by atoms with Crippen molar-refractivity contribution in [1.82, 2.24) is 0 Å². The van der Waals surface area contributed by atoms with Crippen molar-refractivity contribution < 1.29 is 0 Å². The second-order valence-electron chi connectivity index (χ2n) is 3.54. The van der Waals surface area contributed by atoms with Crippen molar-refractivity contribution in [2.75, 3.05) is 0 Å². The standard InChI is InChI=1S/C14H14.2Na.2H/c1-12(13-8-4-2-5-9-13)14-10-6-3-7-11-14;;;;/h2-12H,1H3;;;;. The molecule has 0 aromatic heterocycles. The van der Waals surface area contributed by atoms with E-state index in [1.54, 1.807) is 0 Å². The molecule has 16 heavy (non-hydrogen) atoms. The van der Waals surface area contributed by atoms with Gasteiger partial charge in [0.05, 0.1) is 0 Å². The normalized spacial score (nSPS) is 9.12. The second kappa shape index (κ2) is 8.52. The van der Waals surface area contributed by atoms with Crippen LogP contribution < -0.4 is 0 Å². The third-order valence-corrected chi connectivity index (χ3v) is 2.60. The Kier molecular flexibility index (Phi) is 8.75. The summed E-state index contributed by atoms with van der Waals surface area (Å²) in [6, 6.07) is 21.2. The third kappa shape index (κ3) is 4.37. The van der Waals surface area contributed by atoms with Crippen molar-refractivity contribution >= 4 is 59.1 Å². The summed E-state index contributed by atoms with van der Waals surface area (Å²) in [6.07, 6.45) is 0. The van der Waals surface area contributed by atoms with E-state index in [1.165, 1.54) is 11.1 Å². The fourth-order valence-corrected chi connectivity index (χ4v) is 1.68. The average molecular weight is 230 g/mol. The Morgan fingerprint density at radius 1 is 0.625 bits per heavy atom. The van der Waals surface area contributed by atoms with Crippen LogP contribution in [0.2, 0.25) is 0 Å². The molecule has 0 atom stereocenters. The predicted octanol–water partition coefficient (Wildman–Crippen LogP) is 2.54. The molecule has 2 aromatic rings. The van der Waals surface area contributed by atoms with Gasteiger partial charge in [-0.25, -0.2) is 0 Å². The van der Waals surface area contributed by atoms with E-state index >= 15 is 0 Å². The monoisotopic (exact) mass is 230 g/mol. The van der Waals surface area contributed by atoms with Crippen molar-refractivity contribution in [2.45, 2.75) is 12.8 Å². The van der Waals surface area contributed by atoms with Crippen molar-refractivity contribution in [2.24, 2.45) is 0 Å². The summed E-state index contributed by atoms with van der Waals surface area (Å²) in [7, 11) is 0. The van der Waals surface area contributed by atoms with Gasteiger partial charge in [-0.05, 0) is 11.1 Å². The molecule has 0 heterocycles. The van der Waals surface area contributed by atoms with Crippen LogP contribution in [0.5, 0.6) is 0 Å². The zero-order chi connectivity index (χ0) is 9.80. The van der Waals surface area contributed by atoms with Crippen LogP contribution in [0.4, 0.5) is 0 Å². The Bertz CT molecular complexity index is 344. The van der Waals surface area contributed by atoms with Gasteiger partial charge in [0.2, 0.25) is 0 Å². The maximum atomic E-state index is 2.24. The Labute approximate surface area is 142 Å².